The molecule has 0 fully saturated rings. The second-order valence-corrected chi connectivity index (χ2v) is 7.45. The van der Waals surface area contributed by atoms with Gasteiger partial charge in [0.05, 0.1) is 5.69 Å². The average Bonchev–Trinajstić information content (AvgIpc) is 3.47. The second kappa shape index (κ2) is 8.41. The Morgan fingerprint density at radius 3 is 2.65 bits per heavy atom. The minimum Gasteiger partial charge on any atom is -0.451 e. The van der Waals surface area contributed by atoms with Crippen LogP contribution >= 0.6 is 11.8 Å². The lowest BCUT2D eigenvalue weighted by Crippen LogP contribution is -2.15. The van der Waals surface area contributed by atoms with E-state index in [1.165, 1.54) is 11.8 Å². The first-order valence-electron chi connectivity index (χ1n) is 9.46. The maximum absolute atomic E-state index is 13.2. The molecule has 0 atom stereocenters. The van der Waals surface area contributed by atoms with Crippen LogP contribution in [-0.4, -0.2) is 30.6 Å². The van der Waals surface area contributed by atoms with E-state index in [4.69, 9.17) is 4.42 Å². The smallest absolute Gasteiger partial charge is 0.291 e. The Labute approximate surface area is 181 Å². The van der Waals surface area contributed by atoms with Crippen LogP contribution in [0.4, 0.5) is 5.69 Å². The van der Waals surface area contributed by atoms with Crippen LogP contribution in [0.2, 0.25) is 0 Å². The van der Waals surface area contributed by atoms with Gasteiger partial charge in [-0.3, -0.25) is 4.79 Å². The molecule has 0 aliphatic rings. The van der Waals surface area contributed by atoms with Crippen LogP contribution in [0, 0.1) is 0 Å². The van der Waals surface area contributed by atoms with E-state index in [2.05, 4.69) is 25.4 Å². The Bertz CT molecular complexity index is 1330. The van der Waals surface area contributed by atoms with E-state index in [1.54, 1.807) is 59.9 Å². The highest BCUT2D eigenvalue weighted by Gasteiger charge is 2.22. The Kier molecular flexibility index (Phi) is 5.16. The largest absolute Gasteiger partial charge is 0.451 e. The highest BCUT2D eigenvalue weighted by atomic mass is 32.2. The molecule has 4 heterocycles. The van der Waals surface area contributed by atoms with Gasteiger partial charge in [0, 0.05) is 47.7 Å². The number of nitrogens with zero attached hydrogens (tertiary/aromatic N) is 5. The van der Waals surface area contributed by atoms with Gasteiger partial charge in [0.15, 0.2) is 16.7 Å². The topological polar surface area (TPSA) is 98.7 Å². The van der Waals surface area contributed by atoms with Crippen LogP contribution in [0.25, 0.3) is 16.8 Å². The number of para-hydroxylation sites is 1. The van der Waals surface area contributed by atoms with Gasteiger partial charge in [0.2, 0.25) is 0 Å². The summed E-state index contributed by atoms with van der Waals surface area (Å²) in [5.41, 5.74) is 1.97. The van der Waals surface area contributed by atoms with Gasteiger partial charge >= 0.3 is 0 Å². The molecule has 8 nitrogen and oxygen atoms in total. The number of furan rings is 1. The molecule has 0 unspecified atom stereocenters. The summed E-state index contributed by atoms with van der Waals surface area (Å²) in [5.74, 6) is 0.899. The van der Waals surface area contributed by atoms with Crippen molar-refractivity contribution in [3.05, 3.63) is 90.8 Å². The van der Waals surface area contributed by atoms with Crippen molar-refractivity contribution in [3.8, 4) is 5.82 Å². The summed E-state index contributed by atoms with van der Waals surface area (Å²) >= 11 is 1.44. The van der Waals surface area contributed by atoms with Crippen molar-refractivity contribution in [2.45, 2.75) is 10.9 Å². The van der Waals surface area contributed by atoms with Crippen molar-refractivity contribution in [2.75, 3.05) is 5.32 Å². The predicted octanol–water partition coefficient (Wildman–Crippen LogP) is 4.35. The number of amides is 1. The van der Waals surface area contributed by atoms with Crippen LogP contribution in [0.1, 0.15) is 16.1 Å². The average molecular weight is 428 g/mol. The fourth-order valence-corrected chi connectivity index (χ4v) is 4.00. The third-order valence-corrected chi connectivity index (χ3v) is 5.45. The van der Waals surface area contributed by atoms with Gasteiger partial charge in [-0.1, -0.05) is 30.0 Å². The Hall–Kier alpha value is -3.98. The second-order valence-electron chi connectivity index (χ2n) is 6.51. The fraction of sp³-hybridized carbons (Fsp3) is 0.0455. The zero-order valence-electron chi connectivity index (χ0n) is 16.2. The maximum atomic E-state index is 13.2. The number of rotatable bonds is 6. The summed E-state index contributed by atoms with van der Waals surface area (Å²) in [4.78, 5) is 26.1. The van der Waals surface area contributed by atoms with Gasteiger partial charge in [-0.2, -0.15) is 5.10 Å². The zero-order chi connectivity index (χ0) is 21.0. The molecule has 0 spiro atoms. The quantitative estimate of drug-likeness (QED) is 0.317. The summed E-state index contributed by atoms with van der Waals surface area (Å²) in [7, 11) is 0. The van der Waals surface area contributed by atoms with Crippen molar-refractivity contribution in [2.24, 2.45) is 0 Å². The van der Waals surface area contributed by atoms with Crippen molar-refractivity contribution >= 4 is 34.3 Å². The number of pyridine rings is 1. The van der Waals surface area contributed by atoms with Crippen molar-refractivity contribution in [1.82, 2.24) is 24.7 Å². The highest BCUT2D eigenvalue weighted by Crippen LogP contribution is 2.31. The van der Waals surface area contributed by atoms with E-state index in [0.717, 1.165) is 10.9 Å². The molecular formula is C22H16N6O2S. The molecule has 1 N–H and O–H groups in total. The number of aromatic nitrogens is 5. The summed E-state index contributed by atoms with van der Waals surface area (Å²) in [6.45, 7) is 0. The van der Waals surface area contributed by atoms with E-state index in [1.807, 2.05) is 24.3 Å². The number of hydrogen-bond acceptors (Lipinski definition) is 7. The van der Waals surface area contributed by atoms with E-state index in [9.17, 15) is 4.79 Å². The molecular weight excluding hydrogens is 412 g/mol. The first-order valence-corrected chi connectivity index (χ1v) is 10.4. The molecule has 0 aliphatic carbocycles. The van der Waals surface area contributed by atoms with E-state index in [-0.39, 0.29) is 11.7 Å². The number of thioether (sulfide) groups is 1. The minimum atomic E-state index is -0.359. The lowest BCUT2D eigenvalue weighted by Gasteiger charge is -2.09. The molecule has 1 amide bonds. The van der Waals surface area contributed by atoms with Gasteiger partial charge in [0.25, 0.3) is 5.91 Å². The molecule has 0 aliphatic heterocycles. The van der Waals surface area contributed by atoms with E-state index in [0.29, 0.717) is 28.0 Å². The monoisotopic (exact) mass is 428 g/mol. The number of carbonyl (C=O) groups is 1. The Morgan fingerprint density at radius 1 is 0.968 bits per heavy atom. The first-order chi connectivity index (χ1) is 15.3. The van der Waals surface area contributed by atoms with Gasteiger partial charge < -0.3 is 9.73 Å². The van der Waals surface area contributed by atoms with Crippen molar-refractivity contribution in [1.29, 1.82) is 0 Å². The molecule has 0 bridgehead atoms. The SMILES string of the molecule is O=C(Nc1cccnc1-n1cccn1)c1oc2ccccc2c1CSc1ncccn1. The van der Waals surface area contributed by atoms with E-state index < -0.39 is 0 Å². The lowest BCUT2D eigenvalue weighted by molar-refractivity contribution is 0.0997. The number of carbonyl (C=O) groups excluding carboxylic acids is 1. The number of nitrogens with one attached hydrogen (secondary N) is 1. The van der Waals surface area contributed by atoms with E-state index >= 15 is 0 Å². The maximum Gasteiger partial charge on any atom is 0.291 e. The van der Waals surface area contributed by atoms with Crippen molar-refractivity contribution in [3.63, 3.8) is 0 Å². The summed E-state index contributed by atoms with van der Waals surface area (Å²) in [6, 6.07) is 14.7. The predicted molar refractivity (Wildman–Crippen MR) is 117 cm³/mol. The van der Waals surface area contributed by atoms with Crippen LogP contribution in [-0.2, 0) is 5.75 Å². The van der Waals surface area contributed by atoms with Gasteiger partial charge in [0.1, 0.15) is 5.58 Å². The molecule has 9 heteroatoms. The van der Waals surface area contributed by atoms with Crippen molar-refractivity contribution < 1.29 is 9.21 Å². The molecule has 1 aromatic carbocycles. The normalized spacial score (nSPS) is 11.0. The number of fused-ring (bicyclic) bond motifs is 1. The highest BCUT2D eigenvalue weighted by molar-refractivity contribution is 7.98. The Balaban J connectivity index is 1.48. The van der Waals surface area contributed by atoms with Crippen LogP contribution in [0.3, 0.4) is 0 Å². The van der Waals surface area contributed by atoms with Crippen LogP contribution < -0.4 is 5.32 Å². The van der Waals surface area contributed by atoms with Crippen LogP contribution in [0.5, 0.6) is 0 Å². The Morgan fingerprint density at radius 2 is 1.81 bits per heavy atom. The third kappa shape index (κ3) is 3.90. The molecule has 152 valence electrons. The first kappa shape index (κ1) is 19.0. The molecule has 4 aromatic heterocycles. The third-order valence-electron chi connectivity index (χ3n) is 4.55. The molecule has 0 saturated carbocycles. The summed E-state index contributed by atoms with van der Waals surface area (Å²) < 4.78 is 7.54. The molecule has 31 heavy (non-hydrogen) atoms. The minimum absolute atomic E-state index is 0.250. The molecule has 5 aromatic rings. The van der Waals surface area contributed by atoms with Gasteiger partial charge in [-0.05, 0) is 30.3 Å². The summed E-state index contributed by atoms with van der Waals surface area (Å²) in [6.07, 6.45) is 8.45. The summed E-state index contributed by atoms with van der Waals surface area (Å²) in [5, 5.41) is 8.64. The zero-order valence-corrected chi connectivity index (χ0v) is 17.0. The van der Waals surface area contributed by atoms with Crippen LogP contribution in [0.15, 0.2) is 89.1 Å². The molecule has 0 radical (unpaired) electrons. The van der Waals surface area contributed by atoms with Gasteiger partial charge in [-0.25, -0.2) is 19.6 Å². The number of anilines is 1. The standard InChI is InChI=1S/C22H16N6O2S/c29-21(27-17-7-3-9-23-20(17)28-13-5-12-26-28)19-16(14-31-22-24-10-4-11-25-22)15-6-1-2-8-18(15)30-19/h1-13H,14H2,(H,27,29). The number of hydrogen-bond donors (Lipinski definition) is 1. The fourth-order valence-electron chi connectivity index (χ4n) is 3.17. The lowest BCUT2D eigenvalue weighted by atomic mass is 10.1. The van der Waals surface area contributed by atoms with Gasteiger partial charge in [-0.15, -0.1) is 0 Å². The number of benzene rings is 1. The molecule has 5 rings (SSSR count). The molecule has 0 saturated heterocycles.